The van der Waals surface area contributed by atoms with E-state index in [0.29, 0.717) is 11.4 Å². The number of nitrogens with zero attached hydrogens (tertiary/aromatic N) is 3. The van der Waals surface area contributed by atoms with Gasteiger partial charge in [0.25, 0.3) is 0 Å². The predicted molar refractivity (Wildman–Crippen MR) is 82.6 cm³/mol. The van der Waals surface area contributed by atoms with Crippen molar-refractivity contribution in [2.75, 3.05) is 13.0 Å². The van der Waals surface area contributed by atoms with Crippen molar-refractivity contribution in [3.05, 3.63) is 29.6 Å². The monoisotopic (exact) mass is 303 g/mol. The topological polar surface area (TPSA) is 50.8 Å². The van der Waals surface area contributed by atoms with Gasteiger partial charge >= 0.3 is 0 Å². The van der Waals surface area contributed by atoms with Crippen molar-refractivity contribution in [2.24, 2.45) is 0 Å². The number of aromatic nitrogens is 2. The molecule has 0 radical (unpaired) electrons. The third kappa shape index (κ3) is 2.52. The lowest BCUT2D eigenvalue weighted by Crippen LogP contribution is -2.22. The van der Waals surface area contributed by atoms with Crippen LogP contribution in [0, 0.1) is 11.3 Å². The zero-order valence-corrected chi connectivity index (χ0v) is 12.8. The van der Waals surface area contributed by atoms with Crippen LogP contribution in [0.25, 0.3) is 11.0 Å². The quantitative estimate of drug-likeness (QED) is 0.813. The number of hydrogen-bond acceptors (Lipinski definition) is 3. The second kappa shape index (κ2) is 6.05. The summed E-state index contributed by atoms with van der Waals surface area (Å²) in [5.41, 5.74) is 2.60. The van der Waals surface area contributed by atoms with Gasteiger partial charge in [-0.2, -0.15) is 5.26 Å². The van der Waals surface area contributed by atoms with Gasteiger partial charge in [-0.3, -0.25) is 0 Å². The molecule has 4 nitrogen and oxygen atoms in total. The van der Waals surface area contributed by atoms with Crippen molar-refractivity contribution < 1.29 is 4.74 Å². The van der Waals surface area contributed by atoms with Crippen molar-refractivity contribution in [1.29, 1.82) is 5.26 Å². The van der Waals surface area contributed by atoms with Crippen LogP contribution < -0.4 is 0 Å². The number of imidazole rings is 1. The van der Waals surface area contributed by atoms with E-state index in [4.69, 9.17) is 26.6 Å². The van der Waals surface area contributed by atoms with E-state index in [2.05, 4.69) is 10.6 Å². The fraction of sp³-hybridized carbons (Fsp3) is 0.500. The molecule has 0 bridgehead atoms. The summed E-state index contributed by atoms with van der Waals surface area (Å²) in [6, 6.07) is 8.14. The molecule has 5 heteroatoms. The zero-order valence-electron chi connectivity index (χ0n) is 12.1. The van der Waals surface area contributed by atoms with Crippen LogP contribution in [0.3, 0.4) is 0 Å². The summed E-state index contributed by atoms with van der Waals surface area (Å²) in [6.07, 6.45) is 4.24. The Morgan fingerprint density at radius 2 is 2.33 bits per heavy atom. The molecule has 1 fully saturated rings. The smallest absolute Gasteiger partial charge is 0.111 e. The average Bonchev–Trinajstić information content (AvgIpc) is 3.09. The van der Waals surface area contributed by atoms with Gasteiger partial charge in [0.15, 0.2) is 0 Å². The Labute approximate surface area is 129 Å². The van der Waals surface area contributed by atoms with Crippen LogP contribution >= 0.6 is 11.6 Å². The molecule has 1 aromatic heterocycles. The molecule has 0 N–H and O–H groups in total. The Morgan fingerprint density at radius 3 is 3.05 bits per heavy atom. The molecule has 1 saturated carbocycles. The van der Waals surface area contributed by atoms with E-state index in [1.165, 1.54) is 0 Å². The molecule has 1 heterocycles. The van der Waals surface area contributed by atoms with Crippen LogP contribution in [-0.4, -0.2) is 28.6 Å². The lowest BCUT2D eigenvalue weighted by Gasteiger charge is -2.22. The second-order valence-corrected chi connectivity index (χ2v) is 5.80. The fourth-order valence-electron chi connectivity index (χ4n) is 3.32. The fourth-order valence-corrected chi connectivity index (χ4v) is 3.49. The standard InChI is InChI=1S/C16H18ClN3O/c1-21-15-4-2-3-13(15)20-14-9-11(10-18)5-6-12(14)19-16(20)7-8-17/h5-6,9,13,15H,2-4,7-8H2,1H3. The molecule has 0 aliphatic heterocycles. The number of aryl methyl sites for hydroxylation is 1. The molecule has 3 rings (SSSR count). The molecule has 1 aliphatic carbocycles. The lowest BCUT2D eigenvalue weighted by atomic mass is 10.1. The lowest BCUT2D eigenvalue weighted by molar-refractivity contribution is 0.0753. The van der Waals surface area contributed by atoms with Crippen LogP contribution in [0.2, 0.25) is 0 Å². The Bertz CT molecular complexity index is 689. The van der Waals surface area contributed by atoms with E-state index >= 15 is 0 Å². The average molecular weight is 304 g/mol. The van der Waals surface area contributed by atoms with Gasteiger partial charge in [0, 0.05) is 19.4 Å². The van der Waals surface area contributed by atoms with Gasteiger partial charge < -0.3 is 9.30 Å². The Morgan fingerprint density at radius 1 is 1.48 bits per heavy atom. The van der Waals surface area contributed by atoms with Gasteiger partial charge in [-0.25, -0.2) is 4.98 Å². The first kappa shape index (κ1) is 14.4. The SMILES string of the molecule is COC1CCCC1n1c(CCCl)nc2ccc(C#N)cc21. The summed E-state index contributed by atoms with van der Waals surface area (Å²) < 4.78 is 7.89. The second-order valence-electron chi connectivity index (χ2n) is 5.42. The Balaban J connectivity index is 2.17. The third-order valence-corrected chi connectivity index (χ3v) is 4.45. The molecule has 21 heavy (non-hydrogen) atoms. The van der Waals surface area contributed by atoms with Crippen LogP contribution in [0.15, 0.2) is 18.2 Å². The van der Waals surface area contributed by atoms with E-state index in [-0.39, 0.29) is 12.1 Å². The highest BCUT2D eigenvalue weighted by Crippen LogP contribution is 2.36. The van der Waals surface area contributed by atoms with E-state index in [0.717, 1.165) is 42.5 Å². The molecular weight excluding hydrogens is 286 g/mol. The maximum Gasteiger partial charge on any atom is 0.111 e. The van der Waals surface area contributed by atoms with Crippen molar-refractivity contribution in [2.45, 2.75) is 37.8 Å². The van der Waals surface area contributed by atoms with Crippen molar-refractivity contribution in [3.8, 4) is 6.07 Å². The van der Waals surface area contributed by atoms with Crippen LogP contribution in [-0.2, 0) is 11.2 Å². The largest absolute Gasteiger partial charge is 0.379 e. The molecule has 0 spiro atoms. The number of fused-ring (bicyclic) bond motifs is 1. The van der Waals surface area contributed by atoms with Crippen LogP contribution in [0.5, 0.6) is 0 Å². The molecule has 1 aliphatic rings. The van der Waals surface area contributed by atoms with Crippen LogP contribution in [0.4, 0.5) is 0 Å². The van der Waals surface area contributed by atoms with Gasteiger partial charge in [-0.15, -0.1) is 11.6 Å². The minimum Gasteiger partial charge on any atom is -0.379 e. The molecule has 0 amide bonds. The highest BCUT2D eigenvalue weighted by Gasteiger charge is 2.31. The summed E-state index contributed by atoms with van der Waals surface area (Å²) in [5.74, 6) is 1.53. The predicted octanol–water partition coefficient (Wildman–Crippen LogP) is 3.43. The van der Waals surface area contributed by atoms with E-state index in [1.54, 1.807) is 7.11 Å². The molecular formula is C16H18ClN3O. The van der Waals surface area contributed by atoms with E-state index in [1.807, 2.05) is 18.2 Å². The van der Waals surface area contributed by atoms with Crippen LogP contribution in [0.1, 0.15) is 36.7 Å². The maximum atomic E-state index is 9.14. The minimum atomic E-state index is 0.210. The summed E-state index contributed by atoms with van der Waals surface area (Å²) in [4.78, 5) is 4.70. The highest BCUT2D eigenvalue weighted by molar-refractivity contribution is 6.17. The van der Waals surface area contributed by atoms with Crippen molar-refractivity contribution >= 4 is 22.6 Å². The number of halogens is 1. The molecule has 2 atom stereocenters. The van der Waals surface area contributed by atoms with E-state index < -0.39 is 0 Å². The number of rotatable bonds is 4. The third-order valence-electron chi connectivity index (χ3n) is 4.26. The van der Waals surface area contributed by atoms with Gasteiger partial charge in [0.1, 0.15) is 5.82 Å². The first-order chi connectivity index (χ1) is 10.3. The zero-order chi connectivity index (χ0) is 14.8. The highest BCUT2D eigenvalue weighted by atomic mass is 35.5. The number of methoxy groups -OCH3 is 1. The number of hydrogen-bond donors (Lipinski definition) is 0. The summed E-state index contributed by atoms with van der Waals surface area (Å²) >= 11 is 5.93. The number of benzene rings is 1. The van der Waals surface area contributed by atoms with E-state index in [9.17, 15) is 0 Å². The van der Waals surface area contributed by atoms with Gasteiger partial charge in [-0.1, -0.05) is 0 Å². The maximum absolute atomic E-state index is 9.14. The van der Waals surface area contributed by atoms with Gasteiger partial charge in [-0.05, 0) is 37.5 Å². The number of nitriles is 1. The Hall–Kier alpha value is -1.57. The molecule has 2 unspecified atom stereocenters. The summed E-state index contributed by atoms with van der Waals surface area (Å²) in [7, 11) is 1.77. The Kier molecular flexibility index (Phi) is 4.14. The van der Waals surface area contributed by atoms with Gasteiger partial charge in [0.05, 0.1) is 34.8 Å². The van der Waals surface area contributed by atoms with Crippen molar-refractivity contribution in [1.82, 2.24) is 9.55 Å². The summed E-state index contributed by atoms with van der Waals surface area (Å²) in [5, 5.41) is 9.14. The van der Waals surface area contributed by atoms with Crippen molar-refractivity contribution in [3.63, 3.8) is 0 Å². The summed E-state index contributed by atoms with van der Waals surface area (Å²) in [6.45, 7) is 0. The molecule has 0 saturated heterocycles. The first-order valence-corrected chi connectivity index (χ1v) is 7.81. The molecule has 110 valence electrons. The first-order valence-electron chi connectivity index (χ1n) is 7.28. The number of ether oxygens (including phenoxy) is 1. The normalized spacial score (nSPS) is 21.8. The molecule has 1 aromatic carbocycles. The minimum absolute atomic E-state index is 0.210. The number of alkyl halides is 1. The molecule has 2 aromatic rings. The van der Waals surface area contributed by atoms with Gasteiger partial charge in [0.2, 0.25) is 0 Å².